The lowest BCUT2D eigenvalue weighted by Gasteiger charge is -2.02. The predicted molar refractivity (Wildman–Crippen MR) is 56.5 cm³/mol. The molecule has 0 aromatic carbocycles. The first-order valence-corrected chi connectivity index (χ1v) is 5.74. The number of anilines is 1. The lowest BCUT2D eigenvalue weighted by atomic mass is 10.3. The van der Waals surface area contributed by atoms with Gasteiger partial charge in [0.1, 0.15) is 10.7 Å². The number of hydrogen-bond donors (Lipinski definition) is 1. The minimum Gasteiger partial charge on any atom is -0.377 e. The maximum atomic E-state index is 5.54. The van der Waals surface area contributed by atoms with Crippen LogP contribution >= 0.6 is 11.5 Å². The van der Waals surface area contributed by atoms with E-state index in [4.69, 9.17) is 4.74 Å². The molecule has 14 heavy (non-hydrogen) atoms. The Hall–Kier alpha value is -0.680. The van der Waals surface area contributed by atoms with E-state index in [2.05, 4.69) is 14.9 Å². The Balaban J connectivity index is 1.68. The Kier molecular flexibility index (Phi) is 3.31. The van der Waals surface area contributed by atoms with Crippen molar-refractivity contribution in [1.29, 1.82) is 0 Å². The highest BCUT2D eigenvalue weighted by Crippen LogP contribution is 2.32. The van der Waals surface area contributed by atoms with Gasteiger partial charge in [0.05, 0.1) is 6.61 Å². The Labute approximate surface area is 87.8 Å². The maximum absolute atomic E-state index is 5.54. The van der Waals surface area contributed by atoms with E-state index in [1.165, 1.54) is 30.8 Å². The fourth-order valence-electron chi connectivity index (χ4n) is 1.32. The molecule has 0 unspecified atom stereocenters. The Morgan fingerprint density at radius 3 is 3.14 bits per heavy atom. The van der Waals surface area contributed by atoms with Crippen LogP contribution in [0.15, 0.2) is 0 Å². The Morgan fingerprint density at radius 1 is 1.57 bits per heavy atom. The van der Waals surface area contributed by atoms with Crippen molar-refractivity contribution < 1.29 is 4.74 Å². The molecule has 2 rings (SSSR count). The molecule has 1 aliphatic carbocycles. The molecular weight excluding hydrogens is 198 g/mol. The molecule has 0 atom stereocenters. The van der Waals surface area contributed by atoms with Crippen molar-refractivity contribution in [3.63, 3.8) is 0 Å². The van der Waals surface area contributed by atoms with Gasteiger partial charge >= 0.3 is 0 Å². The molecule has 1 saturated carbocycles. The molecule has 78 valence electrons. The molecular formula is C9H15N3OS. The summed E-state index contributed by atoms with van der Waals surface area (Å²) < 4.78 is 9.40. The van der Waals surface area contributed by atoms with Gasteiger partial charge in [-0.2, -0.15) is 0 Å². The molecule has 1 N–H and O–H groups in total. The molecule has 0 bridgehead atoms. The molecule has 1 aromatic rings. The van der Waals surface area contributed by atoms with Crippen LogP contribution in [0.5, 0.6) is 0 Å². The van der Waals surface area contributed by atoms with Gasteiger partial charge in [-0.15, -0.1) is 5.10 Å². The minimum absolute atomic E-state index is 0.583. The summed E-state index contributed by atoms with van der Waals surface area (Å²) >= 11 is 1.37. The minimum atomic E-state index is 0.583. The summed E-state index contributed by atoms with van der Waals surface area (Å²) in [4.78, 5) is 0. The first kappa shape index (κ1) is 9.86. The summed E-state index contributed by atoms with van der Waals surface area (Å²) in [7, 11) is 1.88. The highest BCUT2D eigenvalue weighted by atomic mass is 32.1. The van der Waals surface area contributed by atoms with Gasteiger partial charge in [0.15, 0.2) is 0 Å². The van der Waals surface area contributed by atoms with E-state index in [0.717, 1.165) is 23.2 Å². The lowest BCUT2D eigenvalue weighted by Crippen LogP contribution is -1.99. The highest BCUT2D eigenvalue weighted by Gasteiger charge is 2.20. The van der Waals surface area contributed by atoms with Crippen LogP contribution in [0, 0.1) is 5.92 Å². The summed E-state index contributed by atoms with van der Waals surface area (Å²) in [5.74, 6) is 0.937. The van der Waals surface area contributed by atoms with Gasteiger partial charge in [-0.05, 0) is 12.3 Å². The van der Waals surface area contributed by atoms with Crippen molar-refractivity contribution in [3.8, 4) is 0 Å². The molecule has 0 spiro atoms. The second-order valence-corrected chi connectivity index (χ2v) is 4.34. The topological polar surface area (TPSA) is 47.0 Å². The average molecular weight is 213 g/mol. The summed E-state index contributed by atoms with van der Waals surface area (Å²) in [6.07, 6.45) is 3.99. The molecule has 0 amide bonds. The number of hydrogen-bond acceptors (Lipinski definition) is 5. The van der Waals surface area contributed by atoms with Crippen LogP contribution in [0.25, 0.3) is 0 Å². The second kappa shape index (κ2) is 4.70. The molecule has 0 aliphatic heterocycles. The van der Waals surface area contributed by atoms with Crippen LogP contribution in [0.2, 0.25) is 0 Å². The van der Waals surface area contributed by atoms with Gasteiger partial charge in [-0.3, -0.25) is 0 Å². The number of ether oxygens (including phenoxy) is 1. The second-order valence-electron chi connectivity index (χ2n) is 3.58. The van der Waals surface area contributed by atoms with Gasteiger partial charge in [-0.25, -0.2) is 0 Å². The van der Waals surface area contributed by atoms with E-state index < -0.39 is 0 Å². The first-order valence-electron chi connectivity index (χ1n) is 4.97. The fourth-order valence-corrected chi connectivity index (χ4v) is 1.84. The van der Waals surface area contributed by atoms with Crippen LogP contribution in [-0.4, -0.2) is 23.2 Å². The van der Waals surface area contributed by atoms with Gasteiger partial charge in [-0.1, -0.05) is 17.3 Å². The molecule has 1 aromatic heterocycles. The SMILES string of the molecule is CNc1snnc1COCCC1CC1. The van der Waals surface area contributed by atoms with Gasteiger partial charge in [0, 0.05) is 25.2 Å². The zero-order valence-corrected chi connectivity index (χ0v) is 9.14. The van der Waals surface area contributed by atoms with Crippen molar-refractivity contribution >= 4 is 16.5 Å². The third-order valence-electron chi connectivity index (χ3n) is 2.39. The zero-order valence-electron chi connectivity index (χ0n) is 8.32. The van der Waals surface area contributed by atoms with Crippen LogP contribution in [0.4, 0.5) is 5.00 Å². The number of nitrogens with one attached hydrogen (secondary N) is 1. The smallest absolute Gasteiger partial charge is 0.135 e. The third-order valence-corrected chi connectivity index (χ3v) is 3.17. The third kappa shape index (κ3) is 2.65. The van der Waals surface area contributed by atoms with E-state index in [-0.39, 0.29) is 0 Å². The van der Waals surface area contributed by atoms with Crippen LogP contribution in [0.3, 0.4) is 0 Å². The normalized spacial score (nSPS) is 15.8. The molecule has 1 aliphatic rings. The summed E-state index contributed by atoms with van der Waals surface area (Å²) in [6, 6.07) is 0. The van der Waals surface area contributed by atoms with Crippen LogP contribution in [0.1, 0.15) is 25.0 Å². The average Bonchev–Trinajstić information content (AvgIpc) is 2.91. The van der Waals surface area contributed by atoms with Gasteiger partial charge in [0.25, 0.3) is 0 Å². The number of nitrogens with zero attached hydrogens (tertiary/aromatic N) is 2. The Bertz CT molecular complexity index is 285. The van der Waals surface area contributed by atoms with Crippen molar-refractivity contribution in [3.05, 3.63) is 5.69 Å². The molecule has 0 saturated heterocycles. The molecule has 1 heterocycles. The largest absolute Gasteiger partial charge is 0.377 e. The molecule has 1 fully saturated rings. The summed E-state index contributed by atoms with van der Waals surface area (Å²) in [5.41, 5.74) is 0.924. The highest BCUT2D eigenvalue weighted by molar-refractivity contribution is 7.10. The maximum Gasteiger partial charge on any atom is 0.135 e. The standard InChI is InChI=1S/C9H15N3OS/c1-10-9-8(11-12-14-9)6-13-5-4-7-2-3-7/h7,10H,2-6H2,1H3. The molecule has 5 heteroatoms. The van der Waals surface area contributed by atoms with Crippen LogP contribution in [-0.2, 0) is 11.3 Å². The van der Waals surface area contributed by atoms with Crippen molar-refractivity contribution in [2.75, 3.05) is 19.0 Å². The van der Waals surface area contributed by atoms with Crippen molar-refractivity contribution in [2.45, 2.75) is 25.9 Å². The zero-order chi connectivity index (χ0) is 9.80. The van der Waals surface area contributed by atoms with E-state index in [1.807, 2.05) is 7.05 Å². The Morgan fingerprint density at radius 2 is 2.43 bits per heavy atom. The van der Waals surface area contributed by atoms with Crippen molar-refractivity contribution in [2.24, 2.45) is 5.92 Å². The predicted octanol–water partition coefficient (Wildman–Crippen LogP) is 1.90. The monoisotopic (exact) mass is 213 g/mol. The van der Waals surface area contributed by atoms with E-state index >= 15 is 0 Å². The van der Waals surface area contributed by atoms with Gasteiger partial charge < -0.3 is 10.1 Å². The van der Waals surface area contributed by atoms with E-state index in [0.29, 0.717) is 6.61 Å². The number of aromatic nitrogens is 2. The van der Waals surface area contributed by atoms with Crippen molar-refractivity contribution in [1.82, 2.24) is 9.59 Å². The van der Waals surface area contributed by atoms with Gasteiger partial charge in [0.2, 0.25) is 0 Å². The molecule has 4 nitrogen and oxygen atoms in total. The summed E-state index contributed by atoms with van der Waals surface area (Å²) in [5, 5.41) is 8.06. The molecule has 0 radical (unpaired) electrons. The summed E-state index contributed by atoms with van der Waals surface area (Å²) in [6.45, 7) is 1.44. The number of rotatable bonds is 6. The van der Waals surface area contributed by atoms with E-state index in [9.17, 15) is 0 Å². The van der Waals surface area contributed by atoms with E-state index in [1.54, 1.807) is 0 Å². The lowest BCUT2D eigenvalue weighted by molar-refractivity contribution is 0.113. The fraction of sp³-hybridized carbons (Fsp3) is 0.778. The first-order chi connectivity index (χ1) is 6.90. The van der Waals surface area contributed by atoms with Crippen LogP contribution < -0.4 is 5.32 Å². The quantitative estimate of drug-likeness (QED) is 0.733.